The van der Waals surface area contributed by atoms with Gasteiger partial charge in [0, 0.05) is 13.1 Å². The van der Waals surface area contributed by atoms with Crippen LogP contribution in [0, 0.1) is 5.41 Å². The minimum atomic E-state index is -0.852. The number of ether oxygens (including phenoxy) is 1. The van der Waals surface area contributed by atoms with Crippen molar-refractivity contribution in [2.75, 3.05) is 13.1 Å². The maximum atomic E-state index is 11.6. The van der Waals surface area contributed by atoms with E-state index >= 15 is 0 Å². The Morgan fingerprint density at radius 3 is 2.56 bits per heavy atom. The molecule has 1 amide bonds. The Labute approximate surface area is 95.4 Å². The second-order valence-corrected chi connectivity index (χ2v) is 4.82. The van der Waals surface area contributed by atoms with Crippen molar-refractivity contribution in [1.29, 1.82) is 0 Å². The molecular weight excluding hydrogens is 210 g/mol. The van der Waals surface area contributed by atoms with Crippen LogP contribution in [0.4, 0.5) is 4.79 Å². The molecule has 1 N–H and O–H groups in total. The second-order valence-electron chi connectivity index (χ2n) is 4.82. The number of hydrogen-bond donors (Lipinski definition) is 1. The standard InChI is InChI=1S/C11H19NO4/c1-8(2)16-10(15)12-6-4-5-11(3,7-12)9(13)14/h8H,4-7H2,1-3H3,(H,13,14). The summed E-state index contributed by atoms with van der Waals surface area (Å²) in [5, 5.41) is 9.10. The molecular formula is C11H19NO4. The van der Waals surface area contributed by atoms with Gasteiger partial charge in [0.05, 0.1) is 11.5 Å². The topological polar surface area (TPSA) is 66.8 Å². The van der Waals surface area contributed by atoms with Gasteiger partial charge in [-0.25, -0.2) is 4.79 Å². The summed E-state index contributed by atoms with van der Waals surface area (Å²) in [6.45, 7) is 6.03. The molecule has 1 aliphatic rings. The Bertz CT molecular complexity index is 290. The van der Waals surface area contributed by atoms with Crippen molar-refractivity contribution in [3.8, 4) is 0 Å². The van der Waals surface area contributed by atoms with E-state index in [1.807, 2.05) is 0 Å². The maximum absolute atomic E-state index is 11.6. The summed E-state index contributed by atoms with van der Waals surface area (Å²) in [6, 6.07) is 0. The highest BCUT2D eigenvalue weighted by Gasteiger charge is 2.39. The number of rotatable bonds is 2. The van der Waals surface area contributed by atoms with Crippen molar-refractivity contribution >= 4 is 12.1 Å². The smallest absolute Gasteiger partial charge is 0.410 e. The lowest BCUT2D eigenvalue weighted by atomic mass is 9.82. The highest BCUT2D eigenvalue weighted by molar-refractivity contribution is 5.76. The van der Waals surface area contributed by atoms with Crippen LogP contribution in [0.3, 0.4) is 0 Å². The summed E-state index contributed by atoms with van der Waals surface area (Å²) in [6.07, 6.45) is 0.719. The van der Waals surface area contributed by atoms with Crippen LogP contribution in [0.25, 0.3) is 0 Å². The molecule has 5 nitrogen and oxygen atoms in total. The van der Waals surface area contributed by atoms with Crippen LogP contribution in [-0.2, 0) is 9.53 Å². The average Bonchev–Trinajstić information content (AvgIpc) is 2.16. The van der Waals surface area contributed by atoms with Crippen molar-refractivity contribution in [3.05, 3.63) is 0 Å². The Hall–Kier alpha value is -1.26. The number of piperidine rings is 1. The quantitative estimate of drug-likeness (QED) is 0.782. The monoisotopic (exact) mass is 229 g/mol. The molecule has 0 radical (unpaired) electrons. The molecule has 1 unspecified atom stereocenters. The van der Waals surface area contributed by atoms with Crippen LogP contribution >= 0.6 is 0 Å². The van der Waals surface area contributed by atoms with Crippen molar-refractivity contribution in [2.24, 2.45) is 5.41 Å². The first-order valence-corrected chi connectivity index (χ1v) is 5.54. The summed E-state index contributed by atoms with van der Waals surface area (Å²) >= 11 is 0. The number of carbonyl (C=O) groups excluding carboxylic acids is 1. The van der Waals surface area contributed by atoms with Gasteiger partial charge in [-0.15, -0.1) is 0 Å². The van der Waals surface area contributed by atoms with Crippen LogP contribution in [-0.4, -0.2) is 41.3 Å². The number of hydrogen-bond acceptors (Lipinski definition) is 3. The fourth-order valence-electron chi connectivity index (χ4n) is 1.85. The SMILES string of the molecule is CC(C)OC(=O)N1CCCC(C)(C(=O)O)C1. The van der Waals surface area contributed by atoms with E-state index in [4.69, 9.17) is 9.84 Å². The number of carbonyl (C=O) groups is 2. The second kappa shape index (κ2) is 4.72. The molecule has 0 spiro atoms. The first kappa shape index (κ1) is 12.8. The minimum absolute atomic E-state index is 0.175. The molecule has 1 heterocycles. The van der Waals surface area contributed by atoms with Crippen LogP contribution < -0.4 is 0 Å². The van der Waals surface area contributed by atoms with E-state index in [0.717, 1.165) is 0 Å². The van der Waals surface area contributed by atoms with Gasteiger partial charge in [0.1, 0.15) is 0 Å². The van der Waals surface area contributed by atoms with E-state index in [-0.39, 0.29) is 12.6 Å². The van der Waals surface area contributed by atoms with Gasteiger partial charge in [0.15, 0.2) is 0 Å². The molecule has 1 aliphatic heterocycles. The molecule has 1 atom stereocenters. The number of amides is 1. The summed E-state index contributed by atoms with van der Waals surface area (Å²) in [7, 11) is 0. The Morgan fingerprint density at radius 2 is 2.06 bits per heavy atom. The van der Waals surface area contributed by atoms with Gasteiger partial charge in [0.2, 0.25) is 0 Å². The van der Waals surface area contributed by atoms with E-state index in [1.165, 1.54) is 4.90 Å². The third kappa shape index (κ3) is 2.87. The molecule has 5 heteroatoms. The predicted molar refractivity (Wildman–Crippen MR) is 58.2 cm³/mol. The average molecular weight is 229 g/mol. The number of nitrogens with zero attached hydrogens (tertiary/aromatic N) is 1. The normalized spacial score (nSPS) is 25.6. The lowest BCUT2D eigenvalue weighted by Crippen LogP contribution is -2.48. The zero-order chi connectivity index (χ0) is 12.3. The summed E-state index contributed by atoms with van der Waals surface area (Å²) < 4.78 is 5.06. The van der Waals surface area contributed by atoms with Gasteiger partial charge < -0.3 is 14.7 Å². The summed E-state index contributed by atoms with van der Waals surface area (Å²) in [5.74, 6) is -0.852. The third-order valence-corrected chi connectivity index (χ3v) is 2.81. The van der Waals surface area contributed by atoms with E-state index in [1.54, 1.807) is 20.8 Å². The highest BCUT2D eigenvalue weighted by Crippen LogP contribution is 2.29. The lowest BCUT2D eigenvalue weighted by molar-refractivity contribution is -0.150. The first-order valence-electron chi connectivity index (χ1n) is 5.54. The first-order chi connectivity index (χ1) is 7.35. The zero-order valence-electron chi connectivity index (χ0n) is 10.0. The zero-order valence-corrected chi connectivity index (χ0v) is 10.0. The Morgan fingerprint density at radius 1 is 1.44 bits per heavy atom. The Balaban J connectivity index is 2.63. The van der Waals surface area contributed by atoms with E-state index in [9.17, 15) is 9.59 Å². The lowest BCUT2D eigenvalue weighted by Gasteiger charge is -2.37. The van der Waals surface area contributed by atoms with Gasteiger partial charge in [-0.3, -0.25) is 4.79 Å². The number of aliphatic carboxylic acids is 1. The van der Waals surface area contributed by atoms with Gasteiger partial charge in [-0.05, 0) is 33.6 Å². The van der Waals surface area contributed by atoms with E-state index < -0.39 is 17.5 Å². The molecule has 1 saturated heterocycles. The summed E-state index contributed by atoms with van der Waals surface area (Å²) in [4.78, 5) is 24.2. The van der Waals surface area contributed by atoms with E-state index in [0.29, 0.717) is 19.4 Å². The van der Waals surface area contributed by atoms with Crippen LogP contribution in [0.1, 0.15) is 33.6 Å². The third-order valence-electron chi connectivity index (χ3n) is 2.81. The minimum Gasteiger partial charge on any atom is -0.481 e. The molecule has 0 saturated carbocycles. The van der Waals surface area contributed by atoms with Crippen molar-refractivity contribution in [2.45, 2.75) is 39.7 Å². The fraction of sp³-hybridized carbons (Fsp3) is 0.818. The molecule has 0 bridgehead atoms. The van der Waals surface area contributed by atoms with Crippen LogP contribution in [0.2, 0.25) is 0 Å². The highest BCUT2D eigenvalue weighted by atomic mass is 16.6. The van der Waals surface area contributed by atoms with Gasteiger partial charge in [-0.1, -0.05) is 0 Å². The molecule has 1 rings (SSSR count). The van der Waals surface area contributed by atoms with Crippen LogP contribution in [0.15, 0.2) is 0 Å². The van der Waals surface area contributed by atoms with Crippen molar-refractivity contribution in [3.63, 3.8) is 0 Å². The van der Waals surface area contributed by atoms with E-state index in [2.05, 4.69) is 0 Å². The van der Waals surface area contributed by atoms with Gasteiger partial charge in [-0.2, -0.15) is 0 Å². The molecule has 0 aromatic carbocycles. The number of carboxylic acid groups (broad SMARTS) is 1. The molecule has 92 valence electrons. The molecule has 0 aromatic rings. The largest absolute Gasteiger partial charge is 0.481 e. The molecule has 0 aliphatic carbocycles. The van der Waals surface area contributed by atoms with Crippen molar-refractivity contribution in [1.82, 2.24) is 4.90 Å². The molecule has 0 aromatic heterocycles. The Kier molecular flexibility index (Phi) is 3.78. The van der Waals surface area contributed by atoms with Gasteiger partial charge >= 0.3 is 12.1 Å². The van der Waals surface area contributed by atoms with Gasteiger partial charge in [0.25, 0.3) is 0 Å². The summed E-state index contributed by atoms with van der Waals surface area (Å²) in [5.41, 5.74) is -0.839. The van der Waals surface area contributed by atoms with Crippen LogP contribution in [0.5, 0.6) is 0 Å². The number of likely N-dealkylation sites (tertiary alicyclic amines) is 1. The fourth-order valence-corrected chi connectivity index (χ4v) is 1.85. The molecule has 1 fully saturated rings. The predicted octanol–water partition coefficient (Wildman–Crippen LogP) is 1.72. The molecule has 16 heavy (non-hydrogen) atoms. The number of carboxylic acids is 1. The maximum Gasteiger partial charge on any atom is 0.410 e. The van der Waals surface area contributed by atoms with Crippen molar-refractivity contribution < 1.29 is 19.4 Å².